The molecule has 102 valence electrons. The van der Waals surface area contributed by atoms with Crippen LogP contribution in [0.1, 0.15) is 5.56 Å². The van der Waals surface area contributed by atoms with E-state index in [-0.39, 0.29) is 0 Å². The monoisotopic (exact) mass is 386 g/mol. The van der Waals surface area contributed by atoms with Crippen molar-refractivity contribution in [2.45, 2.75) is 10.9 Å². The Balaban J connectivity index is 1.79. The summed E-state index contributed by atoms with van der Waals surface area (Å²) in [5.41, 5.74) is 3.02. The lowest BCUT2D eigenvalue weighted by atomic mass is 10.2. The lowest BCUT2D eigenvalue weighted by Crippen LogP contribution is -1.83. The zero-order valence-corrected chi connectivity index (χ0v) is 14.1. The van der Waals surface area contributed by atoms with E-state index < -0.39 is 0 Å². The predicted octanol–water partition coefficient (Wildman–Crippen LogP) is 5.92. The van der Waals surface area contributed by atoms with Gasteiger partial charge in [0.2, 0.25) is 0 Å². The zero-order chi connectivity index (χ0) is 14.1. The van der Waals surface area contributed by atoms with Gasteiger partial charge in [-0.05, 0) is 35.9 Å². The van der Waals surface area contributed by atoms with Crippen molar-refractivity contribution in [3.8, 4) is 0 Å². The number of fused-ring (bicyclic) bond motifs is 1. The lowest BCUT2D eigenvalue weighted by Gasteiger charge is -2.02. The summed E-state index contributed by atoms with van der Waals surface area (Å²) >= 11 is 17.1. The summed E-state index contributed by atoms with van der Waals surface area (Å²) < 4.78 is 1.03. The van der Waals surface area contributed by atoms with Crippen molar-refractivity contribution in [3.05, 3.63) is 56.5 Å². The minimum atomic E-state index is 0.650. The molecule has 3 aromatic rings. The number of thioether (sulfide) groups is 1. The van der Waals surface area contributed by atoms with Crippen molar-refractivity contribution in [1.29, 1.82) is 0 Å². The molecule has 0 fully saturated rings. The smallest absolute Gasteiger partial charge is 0.166 e. The van der Waals surface area contributed by atoms with Gasteiger partial charge in [-0.2, -0.15) is 0 Å². The van der Waals surface area contributed by atoms with Crippen molar-refractivity contribution in [1.82, 2.24) is 9.97 Å². The van der Waals surface area contributed by atoms with Crippen molar-refractivity contribution >= 4 is 61.9 Å². The molecular weight excluding hydrogens is 379 g/mol. The molecule has 0 unspecified atom stereocenters. The highest BCUT2D eigenvalue weighted by Crippen LogP contribution is 2.29. The SMILES string of the molecule is Clc1ccc(CSc2nc3ccc(Br)cc3[nH]2)c(Cl)c1. The first-order chi connectivity index (χ1) is 9.61. The molecule has 1 heterocycles. The Kier molecular flexibility index (Phi) is 4.26. The maximum Gasteiger partial charge on any atom is 0.166 e. The summed E-state index contributed by atoms with van der Waals surface area (Å²) in [6.45, 7) is 0. The van der Waals surface area contributed by atoms with Gasteiger partial charge in [0, 0.05) is 20.3 Å². The fourth-order valence-electron chi connectivity index (χ4n) is 1.81. The van der Waals surface area contributed by atoms with E-state index in [1.54, 1.807) is 17.8 Å². The molecule has 0 amide bonds. The Labute approximate surface area is 139 Å². The number of hydrogen-bond donors (Lipinski definition) is 1. The number of aromatic amines is 1. The van der Waals surface area contributed by atoms with E-state index in [4.69, 9.17) is 23.2 Å². The Morgan fingerprint density at radius 3 is 2.80 bits per heavy atom. The van der Waals surface area contributed by atoms with Crippen LogP contribution < -0.4 is 0 Å². The number of hydrogen-bond acceptors (Lipinski definition) is 2. The normalized spacial score (nSPS) is 11.2. The van der Waals surface area contributed by atoms with Crippen LogP contribution in [0.3, 0.4) is 0 Å². The lowest BCUT2D eigenvalue weighted by molar-refractivity contribution is 1.08. The minimum Gasteiger partial charge on any atom is -0.333 e. The van der Waals surface area contributed by atoms with Crippen molar-refractivity contribution in [2.24, 2.45) is 0 Å². The molecule has 0 bridgehead atoms. The third kappa shape index (κ3) is 3.14. The van der Waals surface area contributed by atoms with Gasteiger partial charge in [-0.25, -0.2) is 4.98 Å². The van der Waals surface area contributed by atoms with E-state index in [9.17, 15) is 0 Å². The topological polar surface area (TPSA) is 28.7 Å². The van der Waals surface area contributed by atoms with Crippen LogP contribution in [-0.2, 0) is 5.75 Å². The number of aromatic nitrogens is 2. The maximum absolute atomic E-state index is 6.16. The molecule has 0 saturated carbocycles. The highest BCUT2D eigenvalue weighted by molar-refractivity contribution is 9.10. The van der Waals surface area contributed by atoms with Crippen molar-refractivity contribution in [3.63, 3.8) is 0 Å². The molecule has 0 aliphatic heterocycles. The first-order valence-electron chi connectivity index (χ1n) is 5.84. The van der Waals surface area contributed by atoms with Crippen LogP contribution in [0.5, 0.6) is 0 Å². The van der Waals surface area contributed by atoms with Gasteiger partial charge in [0.15, 0.2) is 5.16 Å². The first kappa shape index (κ1) is 14.3. The van der Waals surface area contributed by atoms with Crippen molar-refractivity contribution in [2.75, 3.05) is 0 Å². The fraction of sp³-hybridized carbons (Fsp3) is 0.0714. The Morgan fingerprint density at radius 1 is 1.15 bits per heavy atom. The summed E-state index contributed by atoms with van der Waals surface area (Å²) in [6.07, 6.45) is 0. The number of rotatable bonds is 3. The molecule has 1 aromatic heterocycles. The molecule has 0 saturated heterocycles. The summed E-state index contributed by atoms with van der Waals surface area (Å²) in [4.78, 5) is 7.82. The molecule has 0 atom stereocenters. The molecule has 20 heavy (non-hydrogen) atoms. The van der Waals surface area contributed by atoms with Crippen molar-refractivity contribution < 1.29 is 0 Å². The van der Waals surface area contributed by atoms with Gasteiger partial charge in [0.05, 0.1) is 11.0 Å². The number of nitrogens with one attached hydrogen (secondary N) is 1. The number of H-pyrrole nitrogens is 1. The molecule has 0 aliphatic carbocycles. The number of halogens is 3. The van der Waals surface area contributed by atoms with Crippen LogP contribution >= 0.6 is 50.9 Å². The van der Waals surface area contributed by atoms with E-state index in [1.807, 2.05) is 30.3 Å². The van der Waals surface area contributed by atoms with Gasteiger partial charge in [0.25, 0.3) is 0 Å². The molecule has 0 aliphatic rings. The Hall–Kier alpha value is -0.680. The molecular formula is C14H9BrCl2N2S. The van der Waals surface area contributed by atoms with Gasteiger partial charge >= 0.3 is 0 Å². The van der Waals surface area contributed by atoms with E-state index in [0.29, 0.717) is 10.0 Å². The third-order valence-corrected chi connectivity index (χ3v) is 4.80. The van der Waals surface area contributed by atoms with Gasteiger partial charge in [-0.1, -0.05) is 57.0 Å². The number of imidazole rings is 1. The van der Waals surface area contributed by atoms with E-state index >= 15 is 0 Å². The summed E-state index contributed by atoms with van der Waals surface area (Å²) in [7, 11) is 0. The largest absolute Gasteiger partial charge is 0.333 e. The van der Waals surface area contributed by atoms with Gasteiger partial charge in [-0.3, -0.25) is 0 Å². The second-order valence-corrected chi connectivity index (χ2v) is 6.95. The molecule has 2 nitrogen and oxygen atoms in total. The summed E-state index contributed by atoms with van der Waals surface area (Å²) in [5, 5.41) is 2.21. The minimum absolute atomic E-state index is 0.650. The second kappa shape index (κ2) is 5.98. The predicted molar refractivity (Wildman–Crippen MR) is 89.8 cm³/mol. The quantitative estimate of drug-likeness (QED) is 0.564. The van der Waals surface area contributed by atoms with Crippen LogP contribution in [0.4, 0.5) is 0 Å². The molecule has 3 rings (SSSR count). The van der Waals surface area contributed by atoms with Crippen LogP contribution in [-0.4, -0.2) is 9.97 Å². The van der Waals surface area contributed by atoms with Crippen LogP contribution in [0.25, 0.3) is 11.0 Å². The van der Waals surface area contributed by atoms with E-state index in [1.165, 1.54) is 0 Å². The zero-order valence-electron chi connectivity index (χ0n) is 10.2. The first-order valence-corrected chi connectivity index (χ1v) is 8.37. The van der Waals surface area contributed by atoms with Gasteiger partial charge in [-0.15, -0.1) is 0 Å². The standard InChI is InChI=1S/C14H9BrCl2N2S/c15-9-2-4-12-13(5-9)19-14(18-12)20-7-8-1-3-10(16)6-11(8)17/h1-6H,7H2,(H,18,19). The number of nitrogens with zero attached hydrogens (tertiary/aromatic N) is 1. The van der Waals surface area contributed by atoms with Crippen LogP contribution in [0.15, 0.2) is 46.0 Å². The Morgan fingerprint density at radius 2 is 2.00 bits per heavy atom. The van der Waals surface area contributed by atoms with Crippen LogP contribution in [0.2, 0.25) is 10.0 Å². The van der Waals surface area contributed by atoms with E-state index in [2.05, 4.69) is 25.9 Å². The molecule has 0 spiro atoms. The highest BCUT2D eigenvalue weighted by Gasteiger charge is 2.06. The molecule has 1 N–H and O–H groups in total. The van der Waals surface area contributed by atoms with Gasteiger partial charge < -0.3 is 4.98 Å². The maximum atomic E-state index is 6.16. The fourth-order valence-corrected chi connectivity index (χ4v) is 3.62. The highest BCUT2D eigenvalue weighted by atomic mass is 79.9. The van der Waals surface area contributed by atoms with Crippen LogP contribution in [0, 0.1) is 0 Å². The molecule has 0 radical (unpaired) electrons. The number of benzene rings is 2. The molecule has 6 heteroatoms. The van der Waals surface area contributed by atoms with Gasteiger partial charge in [0.1, 0.15) is 0 Å². The molecule has 2 aromatic carbocycles. The average Bonchev–Trinajstić information content (AvgIpc) is 2.79. The summed E-state index contributed by atoms with van der Waals surface area (Å²) in [6, 6.07) is 11.5. The second-order valence-electron chi connectivity index (χ2n) is 4.23. The van der Waals surface area contributed by atoms with E-state index in [0.717, 1.165) is 32.0 Å². The Bertz CT molecular complexity index is 773. The summed E-state index contributed by atoms with van der Waals surface area (Å²) in [5.74, 6) is 0.747. The average molecular weight is 388 g/mol. The third-order valence-electron chi connectivity index (χ3n) is 2.80.